The summed E-state index contributed by atoms with van der Waals surface area (Å²) in [7, 11) is 0. The molecule has 0 bridgehead atoms. The van der Waals surface area contributed by atoms with E-state index in [2.05, 4.69) is 21.6 Å². The molecule has 0 spiro atoms. The fourth-order valence-electron chi connectivity index (χ4n) is 3.62. The molecule has 1 aromatic heterocycles. The van der Waals surface area contributed by atoms with Gasteiger partial charge in [0, 0.05) is 42.2 Å². The molecule has 2 aromatic rings. The number of carbonyl (C=O) groups is 1. The molecule has 2 saturated heterocycles. The van der Waals surface area contributed by atoms with Crippen LogP contribution in [0.4, 0.5) is 9.39 Å². The van der Waals surface area contributed by atoms with Gasteiger partial charge in [0.15, 0.2) is 0 Å². The largest absolute Gasteiger partial charge is 0.360 e. The standard InChI is InChI=1S/C18H19FN4OS/c19-11-7-15(21-9-11)17(24)22-12-5-6-23(10-12)18-14(8-20)13-3-1-2-4-16(13)25-18/h1-4,11-12,15,21H,5-7,9-10H2,(H,22,24). The van der Waals surface area contributed by atoms with Crippen molar-refractivity contribution in [2.75, 3.05) is 24.5 Å². The Kier molecular flexibility index (Phi) is 4.32. The molecule has 25 heavy (non-hydrogen) atoms. The Balaban J connectivity index is 1.46. The number of rotatable bonds is 3. The van der Waals surface area contributed by atoms with Crippen molar-refractivity contribution >= 4 is 32.3 Å². The summed E-state index contributed by atoms with van der Waals surface area (Å²) in [5.41, 5.74) is 0.713. The minimum atomic E-state index is -0.937. The van der Waals surface area contributed by atoms with Gasteiger partial charge in [-0.05, 0) is 12.5 Å². The van der Waals surface area contributed by atoms with Crippen molar-refractivity contribution in [2.24, 2.45) is 0 Å². The number of benzene rings is 1. The van der Waals surface area contributed by atoms with Crippen LogP contribution in [0.3, 0.4) is 0 Å². The number of carbonyl (C=O) groups excluding carboxylic acids is 1. The van der Waals surface area contributed by atoms with Crippen LogP contribution in [0.2, 0.25) is 0 Å². The third-order valence-corrected chi connectivity index (χ3v) is 6.14. The number of nitrogens with one attached hydrogen (secondary N) is 2. The summed E-state index contributed by atoms with van der Waals surface area (Å²) in [5.74, 6) is -0.121. The minimum Gasteiger partial charge on any atom is -0.360 e. The van der Waals surface area contributed by atoms with Crippen LogP contribution in [0.15, 0.2) is 24.3 Å². The molecule has 1 aromatic carbocycles. The summed E-state index contributed by atoms with van der Waals surface area (Å²) >= 11 is 1.62. The van der Waals surface area contributed by atoms with Crippen LogP contribution >= 0.6 is 11.3 Å². The molecule has 7 heteroatoms. The number of hydrogen-bond donors (Lipinski definition) is 2. The summed E-state index contributed by atoms with van der Waals surface area (Å²) in [4.78, 5) is 14.4. The van der Waals surface area contributed by atoms with Crippen molar-refractivity contribution in [1.82, 2.24) is 10.6 Å². The van der Waals surface area contributed by atoms with Gasteiger partial charge in [-0.2, -0.15) is 5.26 Å². The quantitative estimate of drug-likeness (QED) is 0.882. The third kappa shape index (κ3) is 3.08. The molecule has 3 unspecified atom stereocenters. The van der Waals surface area contributed by atoms with Crippen molar-refractivity contribution in [3.05, 3.63) is 29.8 Å². The zero-order valence-electron chi connectivity index (χ0n) is 13.7. The second-order valence-corrected chi connectivity index (χ2v) is 7.65. The second kappa shape index (κ2) is 6.62. The molecule has 0 aliphatic carbocycles. The highest BCUT2D eigenvalue weighted by Gasteiger charge is 2.33. The molecule has 0 saturated carbocycles. The molecular weight excluding hydrogens is 339 g/mol. The van der Waals surface area contributed by atoms with E-state index in [0.29, 0.717) is 12.1 Å². The predicted octanol–water partition coefficient (Wildman–Crippen LogP) is 2.17. The smallest absolute Gasteiger partial charge is 0.237 e. The van der Waals surface area contributed by atoms with Crippen molar-refractivity contribution in [2.45, 2.75) is 31.1 Å². The molecule has 5 nitrogen and oxygen atoms in total. The summed E-state index contributed by atoms with van der Waals surface area (Å²) in [6, 6.07) is 9.86. The summed E-state index contributed by atoms with van der Waals surface area (Å²) < 4.78 is 14.3. The lowest BCUT2D eigenvalue weighted by Gasteiger charge is -2.19. The number of alkyl halides is 1. The topological polar surface area (TPSA) is 68.2 Å². The predicted molar refractivity (Wildman–Crippen MR) is 96.6 cm³/mol. The van der Waals surface area contributed by atoms with E-state index in [0.717, 1.165) is 28.1 Å². The van der Waals surface area contributed by atoms with Gasteiger partial charge in [0.25, 0.3) is 0 Å². The molecule has 3 atom stereocenters. The molecule has 1 amide bonds. The van der Waals surface area contributed by atoms with E-state index in [1.807, 2.05) is 24.3 Å². The normalized spacial score (nSPS) is 26.1. The average molecular weight is 358 g/mol. The van der Waals surface area contributed by atoms with E-state index in [1.54, 1.807) is 11.3 Å². The molecule has 2 aliphatic rings. The van der Waals surface area contributed by atoms with E-state index < -0.39 is 12.2 Å². The Morgan fingerprint density at radius 3 is 3.04 bits per heavy atom. The summed E-state index contributed by atoms with van der Waals surface area (Å²) in [6.07, 6.45) is 0.140. The molecule has 3 heterocycles. The first-order chi connectivity index (χ1) is 12.2. The zero-order chi connectivity index (χ0) is 17.4. The van der Waals surface area contributed by atoms with Gasteiger partial charge in [-0.25, -0.2) is 4.39 Å². The van der Waals surface area contributed by atoms with E-state index in [-0.39, 0.29) is 24.9 Å². The van der Waals surface area contributed by atoms with Gasteiger partial charge in [-0.3, -0.25) is 4.79 Å². The number of hydrogen-bond acceptors (Lipinski definition) is 5. The fraction of sp³-hybridized carbons (Fsp3) is 0.444. The van der Waals surface area contributed by atoms with Crippen molar-refractivity contribution in [3.63, 3.8) is 0 Å². The zero-order valence-corrected chi connectivity index (χ0v) is 14.5. The molecular formula is C18H19FN4OS. The lowest BCUT2D eigenvalue weighted by molar-refractivity contribution is -0.123. The lowest BCUT2D eigenvalue weighted by atomic mass is 10.2. The van der Waals surface area contributed by atoms with Gasteiger partial charge in [0.1, 0.15) is 17.2 Å². The minimum absolute atomic E-state index is 0.0321. The van der Waals surface area contributed by atoms with Crippen molar-refractivity contribution in [3.8, 4) is 6.07 Å². The van der Waals surface area contributed by atoms with E-state index in [1.165, 1.54) is 0 Å². The molecule has 130 valence electrons. The Morgan fingerprint density at radius 2 is 2.28 bits per heavy atom. The number of nitrogens with zero attached hydrogens (tertiary/aromatic N) is 2. The lowest BCUT2D eigenvalue weighted by Crippen LogP contribution is -2.46. The van der Waals surface area contributed by atoms with Crippen molar-refractivity contribution in [1.29, 1.82) is 5.26 Å². The Labute approximate surface area is 149 Å². The first kappa shape index (κ1) is 16.3. The second-order valence-electron chi connectivity index (χ2n) is 6.62. The molecule has 2 aliphatic heterocycles. The Bertz CT molecular complexity index is 845. The molecule has 4 rings (SSSR count). The van der Waals surface area contributed by atoms with Gasteiger partial charge in [0.05, 0.1) is 11.6 Å². The number of thiophene rings is 1. The maximum atomic E-state index is 13.2. The van der Waals surface area contributed by atoms with Gasteiger partial charge in [-0.1, -0.05) is 18.2 Å². The van der Waals surface area contributed by atoms with Crippen LogP contribution in [0, 0.1) is 11.3 Å². The maximum Gasteiger partial charge on any atom is 0.237 e. The number of amides is 1. The van der Waals surface area contributed by atoms with Gasteiger partial charge >= 0.3 is 0 Å². The maximum absolute atomic E-state index is 13.2. The average Bonchev–Trinajstić information content (AvgIpc) is 3.32. The number of fused-ring (bicyclic) bond motifs is 1. The monoisotopic (exact) mass is 358 g/mol. The van der Waals surface area contributed by atoms with Gasteiger partial charge in [0.2, 0.25) is 5.91 Å². The van der Waals surface area contributed by atoms with E-state index in [9.17, 15) is 14.4 Å². The van der Waals surface area contributed by atoms with Crippen LogP contribution in [0.25, 0.3) is 10.1 Å². The summed E-state index contributed by atoms with van der Waals surface area (Å²) in [6.45, 7) is 1.73. The first-order valence-corrected chi connectivity index (χ1v) is 9.31. The van der Waals surface area contributed by atoms with Crippen LogP contribution in [0.5, 0.6) is 0 Å². The third-order valence-electron chi connectivity index (χ3n) is 4.90. The van der Waals surface area contributed by atoms with Crippen LogP contribution in [0.1, 0.15) is 18.4 Å². The highest BCUT2D eigenvalue weighted by atomic mass is 32.1. The molecule has 2 fully saturated rings. The molecule has 0 radical (unpaired) electrons. The van der Waals surface area contributed by atoms with Crippen LogP contribution in [-0.2, 0) is 4.79 Å². The fourth-order valence-corrected chi connectivity index (χ4v) is 4.81. The number of halogens is 1. The van der Waals surface area contributed by atoms with Gasteiger partial charge < -0.3 is 15.5 Å². The van der Waals surface area contributed by atoms with E-state index in [4.69, 9.17) is 0 Å². The Morgan fingerprint density at radius 1 is 1.44 bits per heavy atom. The highest BCUT2D eigenvalue weighted by molar-refractivity contribution is 7.23. The van der Waals surface area contributed by atoms with E-state index >= 15 is 0 Å². The number of anilines is 1. The number of nitriles is 1. The Hall–Kier alpha value is -2.17. The first-order valence-electron chi connectivity index (χ1n) is 8.50. The SMILES string of the molecule is N#Cc1c(N2CCC(NC(=O)C3CC(F)CN3)C2)sc2ccccc12. The molecule has 2 N–H and O–H groups in total. The van der Waals surface area contributed by atoms with Gasteiger partial charge in [-0.15, -0.1) is 11.3 Å². The van der Waals surface area contributed by atoms with Crippen LogP contribution < -0.4 is 15.5 Å². The highest BCUT2D eigenvalue weighted by Crippen LogP contribution is 2.38. The summed E-state index contributed by atoms with van der Waals surface area (Å²) in [5, 5.41) is 17.5. The van der Waals surface area contributed by atoms with Crippen LogP contribution in [-0.4, -0.2) is 43.8 Å². The van der Waals surface area contributed by atoms with Crippen molar-refractivity contribution < 1.29 is 9.18 Å².